The van der Waals surface area contributed by atoms with Gasteiger partial charge < -0.3 is 20.3 Å². The maximum Gasteiger partial charge on any atom is 0.254 e. The van der Waals surface area contributed by atoms with Gasteiger partial charge in [0.1, 0.15) is 12.4 Å². The Kier molecular flexibility index (Phi) is 7.73. The summed E-state index contributed by atoms with van der Waals surface area (Å²) >= 11 is 12.2. The molecular weight excluding hydrogens is 534 g/mol. The Morgan fingerprint density at radius 1 is 1.21 bits per heavy atom. The third-order valence-electron chi connectivity index (χ3n) is 6.52. The Morgan fingerprint density at radius 2 is 2.00 bits per heavy atom. The number of fused-ring (bicyclic) bond motifs is 1. The van der Waals surface area contributed by atoms with E-state index in [0.717, 1.165) is 24.5 Å². The zero-order chi connectivity index (χ0) is 26.8. The molecule has 2 amide bonds. The Labute approximate surface area is 228 Å². The number of carbonyl (C=O) groups is 2. The lowest BCUT2D eigenvalue weighted by Gasteiger charge is -2.23. The maximum atomic E-state index is 14.2. The number of aromatic nitrogens is 3. The number of rotatable bonds is 7. The van der Waals surface area contributed by atoms with Crippen LogP contribution in [0.4, 0.5) is 10.3 Å². The molecule has 0 saturated carbocycles. The highest BCUT2D eigenvalue weighted by Crippen LogP contribution is 2.31. The first-order valence-electron chi connectivity index (χ1n) is 12.2. The molecule has 1 saturated heterocycles. The van der Waals surface area contributed by atoms with Crippen molar-refractivity contribution < 1.29 is 18.7 Å². The summed E-state index contributed by atoms with van der Waals surface area (Å²) in [5, 5.41) is 6.54. The predicted molar refractivity (Wildman–Crippen MR) is 140 cm³/mol. The van der Waals surface area contributed by atoms with Gasteiger partial charge in [-0.3, -0.25) is 14.6 Å². The first-order valence-corrected chi connectivity index (χ1v) is 12.9. The molecule has 1 aromatic carbocycles. The molecule has 0 radical (unpaired) electrons. The van der Waals surface area contributed by atoms with Crippen LogP contribution in [0.5, 0.6) is 0 Å². The van der Waals surface area contributed by atoms with Crippen molar-refractivity contribution >= 4 is 41.0 Å². The molecule has 9 nitrogen and oxygen atoms in total. The number of carbonyl (C=O) groups excluding carboxylic acids is 2. The summed E-state index contributed by atoms with van der Waals surface area (Å²) in [7, 11) is 0. The van der Waals surface area contributed by atoms with Crippen LogP contribution in [0.25, 0.3) is 11.3 Å². The summed E-state index contributed by atoms with van der Waals surface area (Å²) in [6, 6.07) is 6.07. The van der Waals surface area contributed by atoms with Crippen LogP contribution in [0, 0.1) is 5.82 Å². The van der Waals surface area contributed by atoms with Crippen LogP contribution in [-0.2, 0) is 16.1 Å². The van der Waals surface area contributed by atoms with Crippen molar-refractivity contribution in [3.63, 3.8) is 0 Å². The molecule has 1 atom stereocenters. The first-order chi connectivity index (χ1) is 18.3. The van der Waals surface area contributed by atoms with Crippen molar-refractivity contribution in [3.8, 4) is 11.3 Å². The van der Waals surface area contributed by atoms with E-state index in [4.69, 9.17) is 27.9 Å². The van der Waals surface area contributed by atoms with Crippen molar-refractivity contribution in [3.05, 3.63) is 69.3 Å². The molecule has 198 valence electrons. The summed E-state index contributed by atoms with van der Waals surface area (Å²) < 4.78 is 19.6. The molecule has 1 unspecified atom stereocenters. The van der Waals surface area contributed by atoms with Crippen molar-refractivity contribution in [2.45, 2.75) is 38.4 Å². The molecule has 38 heavy (non-hydrogen) atoms. The molecule has 2 aliphatic heterocycles. The smallest absolute Gasteiger partial charge is 0.254 e. The number of amides is 2. The van der Waals surface area contributed by atoms with Crippen LogP contribution < -0.4 is 10.6 Å². The fourth-order valence-electron chi connectivity index (χ4n) is 4.57. The average molecular weight is 559 g/mol. The van der Waals surface area contributed by atoms with E-state index in [-0.39, 0.29) is 35.8 Å². The van der Waals surface area contributed by atoms with E-state index in [1.54, 1.807) is 13.0 Å². The number of anilines is 1. The monoisotopic (exact) mass is 558 g/mol. The second-order valence-corrected chi connectivity index (χ2v) is 10.1. The molecule has 3 aromatic rings. The minimum Gasteiger partial charge on any atom is -0.381 e. The zero-order valence-corrected chi connectivity index (χ0v) is 22.0. The Balaban J connectivity index is 1.27. The predicted octanol–water partition coefficient (Wildman–Crippen LogP) is 4.41. The molecule has 5 rings (SSSR count). The minimum atomic E-state index is -0.699. The summed E-state index contributed by atoms with van der Waals surface area (Å²) in [4.78, 5) is 40.1. The van der Waals surface area contributed by atoms with E-state index in [2.05, 4.69) is 25.6 Å². The number of nitrogens with zero attached hydrogens (tertiary/aromatic N) is 4. The molecule has 0 aliphatic carbocycles. The molecule has 2 aliphatic rings. The fourth-order valence-corrected chi connectivity index (χ4v) is 4.92. The molecule has 4 heterocycles. The van der Waals surface area contributed by atoms with Gasteiger partial charge in [0.25, 0.3) is 5.91 Å². The van der Waals surface area contributed by atoms with Gasteiger partial charge in [0.05, 0.1) is 33.7 Å². The Morgan fingerprint density at radius 3 is 2.76 bits per heavy atom. The van der Waals surface area contributed by atoms with Crippen LogP contribution in [-0.4, -0.2) is 57.5 Å². The summed E-state index contributed by atoms with van der Waals surface area (Å²) in [5.41, 5.74) is 2.51. The second kappa shape index (κ2) is 11.2. The molecule has 2 aromatic heterocycles. The van der Waals surface area contributed by atoms with Crippen LogP contribution in [0.3, 0.4) is 0 Å². The minimum absolute atomic E-state index is 0.0656. The molecule has 12 heteroatoms. The topological polar surface area (TPSA) is 109 Å². The number of pyridine rings is 1. The van der Waals surface area contributed by atoms with Crippen LogP contribution in [0.15, 0.2) is 36.7 Å². The van der Waals surface area contributed by atoms with Crippen LogP contribution in [0.2, 0.25) is 10.0 Å². The lowest BCUT2D eigenvalue weighted by Crippen LogP contribution is -2.38. The standard InChI is InChI=1S/C26H25Cl2FN6O3/c1-14(23-21(29)9-17(27)10-30-23)32-22(36)13-35-12-16-3-2-15(8-19(16)25(35)37)24-20(28)11-31-26(34-24)33-18-4-6-38-7-5-18/h2-3,8-11,14,18H,4-7,12-13H2,1H3,(H,32,36)(H,31,33,34). The largest absolute Gasteiger partial charge is 0.381 e. The van der Waals surface area contributed by atoms with Crippen molar-refractivity contribution in [2.75, 3.05) is 25.1 Å². The van der Waals surface area contributed by atoms with Gasteiger partial charge in [0.15, 0.2) is 0 Å². The normalized spacial score (nSPS) is 16.3. The van der Waals surface area contributed by atoms with Gasteiger partial charge in [0, 0.05) is 43.1 Å². The van der Waals surface area contributed by atoms with Crippen molar-refractivity contribution in [2.24, 2.45) is 0 Å². The van der Waals surface area contributed by atoms with Crippen molar-refractivity contribution in [1.29, 1.82) is 0 Å². The Bertz CT molecular complexity index is 1390. The quantitative estimate of drug-likeness (QED) is 0.442. The lowest BCUT2D eigenvalue weighted by molar-refractivity contribution is -0.122. The van der Waals surface area contributed by atoms with Gasteiger partial charge >= 0.3 is 0 Å². The zero-order valence-electron chi connectivity index (χ0n) is 20.5. The molecule has 0 bridgehead atoms. The van der Waals surface area contributed by atoms with E-state index in [1.165, 1.54) is 17.3 Å². The van der Waals surface area contributed by atoms with Gasteiger partial charge in [-0.05, 0) is 37.5 Å². The molecule has 0 spiro atoms. The number of hydrogen-bond acceptors (Lipinski definition) is 7. The summed E-state index contributed by atoms with van der Waals surface area (Å²) in [6.07, 6.45) is 4.58. The van der Waals surface area contributed by atoms with E-state index >= 15 is 0 Å². The fraction of sp³-hybridized carbons (Fsp3) is 0.346. The number of hydrogen-bond donors (Lipinski definition) is 2. The first kappa shape index (κ1) is 26.3. The van der Waals surface area contributed by atoms with Crippen molar-refractivity contribution in [1.82, 2.24) is 25.2 Å². The summed E-state index contributed by atoms with van der Waals surface area (Å²) in [5.74, 6) is -0.872. The second-order valence-electron chi connectivity index (χ2n) is 9.26. The van der Waals surface area contributed by atoms with Gasteiger partial charge in [-0.2, -0.15) is 0 Å². The van der Waals surface area contributed by atoms with Crippen LogP contribution >= 0.6 is 23.2 Å². The highest BCUT2D eigenvalue weighted by Gasteiger charge is 2.30. The van der Waals surface area contributed by atoms with Gasteiger partial charge in [-0.15, -0.1) is 0 Å². The van der Waals surface area contributed by atoms with E-state index in [1.807, 2.05) is 12.1 Å². The number of halogens is 3. The third-order valence-corrected chi connectivity index (χ3v) is 7.00. The highest BCUT2D eigenvalue weighted by molar-refractivity contribution is 6.33. The highest BCUT2D eigenvalue weighted by atomic mass is 35.5. The molecule has 2 N–H and O–H groups in total. The number of benzene rings is 1. The van der Waals surface area contributed by atoms with Gasteiger partial charge in [0.2, 0.25) is 11.9 Å². The summed E-state index contributed by atoms with van der Waals surface area (Å²) in [6.45, 7) is 3.08. The van der Waals surface area contributed by atoms with E-state index in [9.17, 15) is 14.0 Å². The molecular formula is C26H25Cl2FN6O3. The SMILES string of the molecule is CC(NC(=O)CN1Cc2ccc(-c3nc(NC4CCOCC4)ncc3Cl)cc2C1=O)c1ncc(Cl)cc1F. The maximum absolute atomic E-state index is 14.2. The Hall–Kier alpha value is -3.34. The van der Waals surface area contributed by atoms with Gasteiger partial charge in [-0.25, -0.2) is 14.4 Å². The number of ether oxygens (including phenoxy) is 1. The van der Waals surface area contributed by atoms with Crippen LogP contribution in [0.1, 0.15) is 47.4 Å². The lowest BCUT2D eigenvalue weighted by atomic mass is 10.0. The van der Waals surface area contributed by atoms with Gasteiger partial charge in [-0.1, -0.05) is 35.3 Å². The van der Waals surface area contributed by atoms with E-state index < -0.39 is 17.8 Å². The molecule has 1 fully saturated rings. The third kappa shape index (κ3) is 5.72. The van der Waals surface area contributed by atoms with E-state index in [0.29, 0.717) is 41.0 Å². The average Bonchev–Trinajstić information content (AvgIpc) is 3.19. The number of nitrogens with one attached hydrogen (secondary N) is 2.